The van der Waals surface area contributed by atoms with Crippen LogP contribution < -0.4 is 11.1 Å². The summed E-state index contributed by atoms with van der Waals surface area (Å²) in [6.07, 6.45) is 1.89. The van der Waals surface area contributed by atoms with Gasteiger partial charge in [0.1, 0.15) is 0 Å². The van der Waals surface area contributed by atoms with Crippen molar-refractivity contribution in [2.45, 2.75) is 20.4 Å². The van der Waals surface area contributed by atoms with E-state index in [0.717, 1.165) is 34.7 Å². The summed E-state index contributed by atoms with van der Waals surface area (Å²) in [6, 6.07) is 10.0. The fourth-order valence-corrected chi connectivity index (χ4v) is 1.73. The van der Waals surface area contributed by atoms with Gasteiger partial charge < -0.3 is 11.1 Å². The number of benzene rings is 1. The third kappa shape index (κ3) is 2.75. The second-order valence-corrected chi connectivity index (χ2v) is 4.20. The van der Waals surface area contributed by atoms with Gasteiger partial charge in [0.25, 0.3) is 0 Å². The van der Waals surface area contributed by atoms with Crippen LogP contribution in [0.4, 0.5) is 11.4 Å². The highest BCUT2D eigenvalue weighted by molar-refractivity contribution is 5.69. The van der Waals surface area contributed by atoms with Gasteiger partial charge in [0.2, 0.25) is 0 Å². The van der Waals surface area contributed by atoms with E-state index in [4.69, 9.17) is 5.73 Å². The number of hydrogen-bond donors (Lipinski definition) is 2. The number of aryl methyl sites for hydroxylation is 2. The molecule has 0 bridgehead atoms. The number of nitrogen functional groups attached to an aromatic ring is 1. The second-order valence-electron chi connectivity index (χ2n) is 4.20. The molecular weight excluding hydrogens is 210 g/mol. The summed E-state index contributed by atoms with van der Waals surface area (Å²) in [7, 11) is 0. The van der Waals surface area contributed by atoms with E-state index in [0.29, 0.717) is 0 Å². The highest BCUT2D eigenvalue weighted by Gasteiger charge is 2.02. The number of rotatable bonds is 3. The maximum atomic E-state index is 5.93. The molecule has 0 aliphatic heterocycles. The van der Waals surface area contributed by atoms with Crippen LogP contribution in [0.5, 0.6) is 0 Å². The van der Waals surface area contributed by atoms with Crippen LogP contribution in [-0.4, -0.2) is 4.98 Å². The molecule has 1 heterocycles. The Morgan fingerprint density at radius 1 is 1.18 bits per heavy atom. The lowest BCUT2D eigenvalue weighted by Gasteiger charge is -2.12. The molecule has 1 aromatic heterocycles. The maximum absolute atomic E-state index is 5.93. The lowest BCUT2D eigenvalue weighted by atomic mass is 10.1. The van der Waals surface area contributed by atoms with Gasteiger partial charge >= 0.3 is 0 Å². The lowest BCUT2D eigenvalue weighted by molar-refractivity contribution is 1.08. The lowest BCUT2D eigenvalue weighted by Crippen LogP contribution is -2.04. The molecular formula is C14H17N3. The quantitative estimate of drug-likeness (QED) is 0.793. The number of aromatic nitrogens is 1. The Balaban J connectivity index is 2.10. The minimum Gasteiger partial charge on any atom is -0.397 e. The Morgan fingerprint density at radius 2 is 2.00 bits per heavy atom. The molecule has 0 saturated heterocycles. The fraction of sp³-hybridized carbons (Fsp3) is 0.214. The number of para-hydroxylation sites is 1. The number of nitrogens with one attached hydrogen (secondary N) is 1. The maximum Gasteiger partial charge on any atom is 0.0606 e. The van der Waals surface area contributed by atoms with Gasteiger partial charge in [-0.25, -0.2) is 0 Å². The largest absolute Gasteiger partial charge is 0.397 e. The zero-order chi connectivity index (χ0) is 12.3. The molecule has 2 rings (SSSR count). The first kappa shape index (κ1) is 11.5. The normalized spacial score (nSPS) is 10.2. The molecule has 3 N–H and O–H groups in total. The van der Waals surface area contributed by atoms with E-state index in [1.54, 1.807) is 0 Å². The Bertz CT molecular complexity index is 483. The second kappa shape index (κ2) is 4.87. The van der Waals surface area contributed by atoms with Gasteiger partial charge in [-0.3, -0.25) is 4.98 Å². The zero-order valence-corrected chi connectivity index (χ0v) is 10.2. The van der Waals surface area contributed by atoms with Gasteiger partial charge in [-0.15, -0.1) is 0 Å². The first-order chi connectivity index (χ1) is 8.16. The van der Waals surface area contributed by atoms with E-state index in [1.165, 1.54) is 0 Å². The highest BCUT2D eigenvalue weighted by atomic mass is 14.9. The van der Waals surface area contributed by atoms with E-state index in [9.17, 15) is 0 Å². The summed E-state index contributed by atoms with van der Waals surface area (Å²) in [5.74, 6) is 0. The van der Waals surface area contributed by atoms with Crippen LogP contribution in [0.3, 0.4) is 0 Å². The molecule has 0 spiro atoms. The van der Waals surface area contributed by atoms with E-state index in [1.807, 2.05) is 44.3 Å². The van der Waals surface area contributed by atoms with Gasteiger partial charge in [-0.1, -0.05) is 18.2 Å². The Hall–Kier alpha value is -2.03. The topological polar surface area (TPSA) is 50.9 Å². The molecule has 0 unspecified atom stereocenters. The zero-order valence-electron chi connectivity index (χ0n) is 10.2. The summed E-state index contributed by atoms with van der Waals surface area (Å²) >= 11 is 0. The van der Waals surface area contributed by atoms with Crippen molar-refractivity contribution >= 4 is 11.4 Å². The van der Waals surface area contributed by atoms with E-state index >= 15 is 0 Å². The molecule has 0 aliphatic carbocycles. The molecule has 0 saturated carbocycles. The van der Waals surface area contributed by atoms with Gasteiger partial charge in [0.05, 0.1) is 11.4 Å². The summed E-state index contributed by atoms with van der Waals surface area (Å²) in [6.45, 7) is 4.77. The Labute approximate surface area is 102 Å². The smallest absolute Gasteiger partial charge is 0.0606 e. The van der Waals surface area contributed by atoms with Crippen molar-refractivity contribution in [2.24, 2.45) is 0 Å². The molecule has 88 valence electrons. The summed E-state index contributed by atoms with van der Waals surface area (Å²) < 4.78 is 0. The Kier molecular flexibility index (Phi) is 3.28. The average Bonchev–Trinajstić information content (AvgIpc) is 2.31. The molecule has 2 aromatic rings. The third-order valence-corrected chi connectivity index (χ3v) is 2.75. The van der Waals surface area contributed by atoms with E-state index < -0.39 is 0 Å². The third-order valence-electron chi connectivity index (χ3n) is 2.75. The van der Waals surface area contributed by atoms with Gasteiger partial charge in [0, 0.05) is 18.4 Å². The number of nitrogens with zero attached hydrogens (tertiary/aromatic N) is 1. The van der Waals surface area contributed by atoms with Crippen molar-refractivity contribution in [2.75, 3.05) is 11.1 Å². The summed E-state index contributed by atoms with van der Waals surface area (Å²) in [5.41, 5.74) is 11.1. The van der Waals surface area contributed by atoms with Crippen molar-refractivity contribution in [3.05, 3.63) is 53.3 Å². The number of anilines is 2. The van der Waals surface area contributed by atoms with Crippen LogP contribution in [0.25, 0.3) is 0 Å². The summed E-state index contributed by atoms with van der Waals surface area (Å²) in [5, 5.41) is 3.35. The standard InChI is InChI=1S/C14H17N3/c1-10-4-3-5-13(15)14(10)17-9-12-7-6-11(2)16-8-12/h3-8,17H,9,15H2,1-2H3. The van der Waals surface area contributed by atoms with Gasteiger partial charge in [-0.2, -0.15) is 0 Å². The van der Waals surface area contributed by atoms with Crippen molar-refractivity contribution in [1.82, 2.24) is 4.98 Å². The molecule has 3 heteroatoms. The predicted molar refractivity (Wildman–Crippen MR) is 71.9 cm³/mol. The van der Waals surface area contributed by atoms with Crippen molar-refractivity contribution in [3.63, 3.8) is 0 Å². The number of nitrogens with two attached hydrogens (primary N) is 1. The van der Waals surface area contributed by atoms with Gasteiger partial charge in [-0.05, 0) is 37.1 Å². The Morgan fingerprint density at radius 3 is 2.65 bits per heavy atom. The highest BCUT2D eigenvalue weighted by Crippen LogP contribution is 2.22. The van der Waals surface area contributed by atoms with E-state index in [-0.39, 0.29) is 0 Å². The van der Waals surface area contributed by atoms with Crippen LogP contribution in [0.2, 0.25) is 0 Å². The first-order valence-electron chi connectivity index (χ1n) is 5.67. The van der Waals surface area contributed by atoms with Crippen LogP contribution >= 0.6 is 0 Å². The molecule has 0 fully saturated rings. The molecule has 0 aliphatic rings. The monoisotopic (exact) mass is 227 g/mol. The molecule has 0 radical (unpaired) electrons. The molecule has 1 aromatic carbocycles. The predicted octanol–water partition coefficient (Wildman–Crippen LogP) is 2.89. The van der Waals surface area contributed by atoms with E-state index in [2.05, 4.69) is 16.4 Å². The van der Waals surface area contributed by atoms with Crippen LogP contribution in [0.1, 0.15) is 16.8 Å². The minimum absolute atomic E-state index is 0.738. The van der Waals surface area contributed by atoms with Crippen molar-refractivity contribution in [1.29, 1.82) is 0 Å². The molecule has 0 amide bonds. The molecule has 0 atom stereocenters. The van der Waals surface area contributed by atoms with Gasteiger partial charge in [0.15, 0.2) is 0 Å². The number of hydrogen-bond acceptors (Lipinski definition) is 3. The molecule has 3 nitrogen and oxygen atoms in total. The van der Waals surface area contributed by atoms with Crippen LogP contribution in [0.15, 0.2) is 36.5 Å². The van der Waals surface area contributed by atoms with Crippen molar-refractivity contribution < 1.29 is 0 Å². The van der Waals surface area contributed by atoms with Crippen LogP contribution in [-0.2, 0) is 6.54 Å². The SMILES string of the molecule is Cc1ccc(CNc2c(C)cccc2N)cn1. The van der Waals surface area contributed by atoms with Crippen LogP contribution in [0, 0.1) is 13.8 Å². The average molecular weight is 227 g/mol. The summed E-state index contributed by atoms with van der Waals surface area (Å²) in [4.78, 5) is 4.27. The first-order valence-corrected chi connectivity index (χ1v) is 5.67. The molecule has 17 heavy (non-hydrogen) atoms. The minimum atomic E-state index is 0.738. The fourth-order valence-electron chi connectivity index (χ4n) is 1.73. The number of pyridine rings is 1. The van der Waals surface area contributed by atoms with Crippen molar-refractivity contribution in [3.8, 4) is 0 Å².